The van der Waals surface area contributed by atoms with Crippen molar-refractivity contribution in [2.45, 2.75) is 6.54 Å². The van der Waals surface area contributed by atoms with Gasteiger partial charge in [0.1, 0.15) is 5.65 Å². The van der Waals surface area contributed by atoms with Crippen molar-refractivity contribution in [3.05, 3.63) is 71.7 Å². The molecule has 1 N–H and O–H groups in total. The van der Waals surface area contributed by atoms with Gasteiger partial charge in [0.2, 0.25) is 0 Å². The molecular formula is C17H15N3O3. The number of fused-ring (bicyclic) bond motifs is 1. The van der Waals surface area contributed by atoms with Crippen LogP contribution < -0.4 is 5.32 Å². The Hall–Kier alpha value is -3.15. The summed E-state index contributed by atoms with van der Waals surface area (Å²) in [6.45, 7) is 0.375. The van der Waals surface area contributed by atoms with Crippen molar-refractivity contribution >= 4 is 17.5 Å². The number of benzene rings is 1. The number of nitrogens with zero attached hydrogens (tertiary/aromatic N) is 2. The third-order valence-corrected chi connectivity index (χ3v) is 3.49. The molecule has 0 radical (unpaired) electrons. The number of aromatic nitrogens is 2. The SMILES string of the molecule is COC(=O)c1ccc(CNC(=O)c2ccn3ccnc3c2)cc1. The van der Waals surface area contributed by atoms with Gasteiger partial charge in [-0.25, -0.2) is 9.78 Å². The topological polar surface area (TPSA) is 72.7 Å². The molecule has 1 aromatic carbocycles. The van der Waals surface area contributed by atoms with Gasteiger partial charge >= 0.3 is 5.97 Å². The molecular weight excluding hydrogens is 294 g/mol. The number of rotatable bonds is 4. The molecule has 23 heavy (non-hydrogen) atoms. The number of pyridine rings is 1. The lowest BCUT2D eigenvalue weighted by atomic mass is 10.1. The monoisotopic (exact) mass is 309 g/mol. The first-order chi connectivity index (χ1) is 11.2. The van der Waals surface area contributed by atoms with Crippen LogP contribution in [0, 0.1) is 0 Å². The van der Waals surface area contributed by atoms with E-state index in [-0.39, 0.29) is 11.9 Å². The maximum atomic E-state index is 12.2. The number of methoxy groups -OCH3 is 1. The number of hydrogen-bond acceptors (Lipinski definition) is 4. The maximum Gasteiger partial charge on any atom is 0.337 e. The van der Waals surface area contributed by atoms with Gasteiger partial charge in [-0.2, -0.15) is 0 Å². The summed E-state index contributed by atoms with van der Waals surface area (Å²) < 4.78 is 6.48. The van der Waals surface area contributed by atoms with Crippen molar-refractivity contribution in [3.63, 3.8) is 0 Å². The minimum atomic E-state index is -0.381. The van der Waals surface area contributed by atoms with Crippen LogP contribution in [0.1, 0.15) is 26.3 Å². The molecule has 0 aliphatic rings. The first-order valence-corrected chi connectivity index (χ1v) is 7.05. The van der Waals surface area contributed by atoms with Gasteiger partial charge in [-0.1, -0.05) is 12.1 Å². The summed E-state index contributed by atoms with van der Waals surface area (Å²) in [6, 6.07) is 10.4. The highest BCUT2D eigenvalue weighted by atomic mass is 16.5. The van der Waals surface area contributed by atoms with E-state index in [4.69, 9.17) is 0 Å². The maximum absolute atomic E-state index is 12.2. The number of nitrogens with one attached hydrogen (secondary N) is 1. The highest BCUT2D eigenvalue weighted by Gasteiger charge is 2.08. The van der Waals surface area contributed by atoms with Gasteiger partial charge in [-0.05, 0) is 29.8 Å². The van der Waals surface area contributed by atoms with Crippen LogP contribution in [0.2, 0.25) is 0 Å². The zero-order chi connectivity index (χ0) is 16.2. The van der Waals surface area contributed by atoms with Crippen LogP contribution >= 0.6 is 0 Å². The van der Waals surface area contributed by atoms with E-state index in [1.165, 1.54) is 7.11 Å². The molecule has 0 aliphatic heterocycles. The fourth-order valence-corrected chi connectivity index (χ4v) is 2.21. The Morgan fingerprint density at radius 3 is 2.65 bits per heavy atom. The molecule has 0 spiro atoms. The predicted octanol–water partition coefficient (Wildman–Crippen LogP) is 2.05. The van der Waals surface area contributed by atoms with Crippen molar-refractivity contribution in [2.75, 3.05) is 7.11 Å². The summed E-state index contributed by atoms with van der Waals surface area (Å²) in [6.07, 6.45) is 5.29. The minimum absolute atomic E-state index is 0.174. The van der Waals surface area contributed by atoms with Crippen molar-refractivity contribution in [1.29, 1.82) is 0 Å². The molecule has 6 heteroatoms. The number of imidazole rings is 1. The van der Waals surface area contributed by atoms with E-state index in [2.05, 4.69) is 15.0 Å². The Morgan fingerprint density at radius 1 is 1.13 bits per heavy atom. The lowest BCUT2D eigenvalue weighted by molar-refractivity contribution is 0.0600. The van der Waals surface area contributed by atoms with Crippen LogP contribution in [-0.4, -0.2) is 28.4 Å². The molecule has 2 aromatic heterocycles. The van der Waals surface area contributed by atoms with Crippen molar-refractivity contribution < 1.29 is 14.3 Å². The Morgan fingerprint density at radius 2 is 1.91 bits per heavy atom. The summed E-state index contributed by atoms with van der Waals surface area (Å²) in [5.74, 6) is -0.555. The standard InChI is InChI=1S/C17H15N3O3/c1-23-17(22)13-4-2-12(3-5-13)11-19-16(21)14-6-8-20-9-7-18-15(20)10-14/h2-10H,11H2,1H3,(H,19,21). The minimum Gasteiger partial charge on any atom is -0.465 e. The predicted molar refractivity (Wildman–Crippen MR) is 84.1 cm³/mol. The Labute approximate surface area is 132 Å². The van der Waals surface area contributed by atoms with E-state index in [1.54, 1.807) is 48.8 Å². The zero-order valence-corrected chi connectivity index (χ0v) is 12.5. The van der Waals surface area contributed by atoms with Crippen molar-refractivity contribution in [1.82, 2.24) is 14.7 Å². The highest BCUT2D eigenvalue weighted by Crippen LogP contribution is 2.08. The van der Waals surface area contributed by atoms with E-state index < -0.39 is 0 Å². The molecule has 0 bridgehead atoms. The molecule has 0 saturated heterocycles. The van der Waals surface area contributed by atoms with Gasteiger partial charge in [-0.15, -0.1) is 0 Å². The zero-order valence-electron chi connectivity index (χ0n) is 12.5. The summed E-state index contributed by atoms with van der Waals surface area (Å²) in [4.78, 5) is 27.7. The van der Waals surface area contributed by atoms with Crippen LogP contribution in [-0.2, 0) is 11.3 Å². The van der Waals surface area contributed by atoms with Crippen LogP contribution in [0.5, 0.6) is 0 Å². The average Bonchev–Trinajstić information content (AvgIpc) is 3.07. The lowest BCUT2D eigenvalue weighted by Crippen LogP contribution is -2.22. The lowest BCUT2D eigenvalue weighted by Gasteiger charge is -2.06. The molecule has 3 aromatic rings. The molecule has 0 saturated carbocycles. The van der Waals surface area contributed by atoms with E-state index in [9.17, 15) is 9.59 Å². The summed E-state index contributed by atoms with van der Waals surface area (Å²) >= 11 is 0. The summed E-state index contributed by atoms with van der Waals surface area (Å²) in [5.41, 5.74) is 2.65. The summed E-state index contributed by atoms with van der Waals surface area (Å²) in [5, 5.41) is 2.84. The van der Waals surface area contributed by atoms with E-state index in [0.29, 0.717) is 17.7 Å². The number of carbonyl (C=O) groups is 2. The quantitative estimate of drug-likeness (QED) is 0.749. The van der Waals surface area contributed by atoms with Gasteiger partial charge in [0, 0.05) is 30.7 Å². The molecule has 1 amide bonds. The third-order valence-electron chi connectivity index (χ3n) is 3.49. The van der Waals surface area contributed by atoms with Crippen LogP contribution in [0.25, 0.3) is 5.65 Å². The Bertz CT molecular complexity index is 853. The van der Waals surface area contributed by atoms with Gasteiger partial charge in [0.15, 0.2) is 0 Å². The van der Waals surface area contributed by atoms with Crippen LogP contribution in [0.4, 0.5) is 0 Å². The van der Waals surface area contributed by atoms with Gasteiger partial charge in [0.25, 0.3) is 5.91 Å². The van der Waals surface area contributed by atoms with Crippen molar-refractivity contribution in [2.24, 2.45) is 0 Å². The molecule has 6 nitrogen and oxygen atoms in total. The third kappa shape index (κ3) is 3.21. The largest absolute Gasteiger partial charge is 0.465 e. The van der Waals surface area contributed by atoms with E-state index >= 15 is 0 Å². The Balaban J connectivity index is 1.65. The first kappa shape index (κ1) is 14.8. The Kier molecular flexibility index (Phi) is 4.05. The molecule has 2 heterocycles. The van der Waals surface area contributed by atoms with E-state index in [1.807, 2.05) is 10.6 Å². The smallest absolute Gasteiger partial charge is 0.337 e. The van der Waals surface area contributed by atoms with Gasteiger partial charge < -0.3 is 14.5 Å². The normalized spacial score (nSPS) is 10.5. The highest BCUT2D eigenvalue weighted by molar-refractivity contribution is 5.95. The molecule has 0 aliphatic carbocycles. The number of esters is 1. The van der Waals surface area contributed by atoms with Gasteiger partial charge in [-0.3, -0.25) is 4.79 Å². The number of amides is 1. The number of carbonyl (C=O) groups excluding carboxylic acids is 2. The fraction of sp³-hybridized carbons (Fsp3) is 0.118. The average molecular weight is 309 g/mol. The van der Waals surface area contributed by atoms with Crippen LogP contribution in [0.15, 0.2) is 55.0 Å². The number of hydrogen-bond donors (Lipinski definition) is 1. The molecule has 0 atom stereocenters. The second-order valence-corrected chi connectivity index (χ2v) is 4.98. The molecule has 116 valence electrons. The van der Waals surface area contributed by atoms with Gasteiger partial charge in [0.05, 0.1) is 12.7 Å². The van der Waals surface area contributed by atoms with E-state index in [0.717, 1.165) is 11.2 Å². The molecule has 0 unspecified atom stereocenters. The van der Waals surface area contributed by atoms with Crippen molar-refractivity contribution in [3.8, 4) is 0 Å². The molecule has 3 rings (SSSR count). The first-order valence-electron chi connectivity index (χ1n) is 7.05. The second kappa shape index (κ2) is 6.31. The fourth-order valence-electron chi connectivity index (χ4n) is 2.21. The van der Waals surface area contributed by atoms with Crippen LogP contribution in [0.3, 0.4) is 0 Å². The molecule has 0 fully saturated rings. The second-order valence-electron chi connectivity index (χ2n) is 4.98. The summed E-state index contributed by atoms with van der Waals surface area (Å²) in [7, 11) is 1.34. The number of ether oxygens (including phenoxy) is 1.